The molecule has 0 aromatic carbocycles. The SMILES string of the molecule is CC(C)[C@H](CN1CC[C@H](C2CC=C(Cl)CC2)C(C)(C)C1)NCC1=CC=CC(C2CCCC(Cl)C2)C1. The molecule has 1 aliphatic heterocycles. The Morgan fingerprint density at radius 3 is 2.66 bits per heavy atom. The van der Waals surface area contributed by atoms with Gasteiger partial charge in [-0.15, -0.1) is 11.6 Å². The molecule has 6 atom stereocenters. The molecule has 2 fully saturated rings. The van der Waals surface area contributed by atoms with Crippen molar-refractivity contribution >= 4 is 23.2 Å². The summed E-state index contributed by atoms with van der Waals surface area (Å²) in [6, 6.07) is 0.533. The lowest BCUT2D eigenvalue weighted by atomic mass is 9.65. The van der Waals surface area contributed by atoms with E-state index in [2.05, 4.69) is 62.2 Å². The summed E-state index contributed by atoms with van der Waals surface area (Å²) in [5.74, 6) is 3.71. The zero-order valence-electron chi connectivity index (χ0n) is 22.7. The molecule has 0 spiro atoms. The molecule has 2 nitrogen and oxygen atoms in total. The van der Waals surface area contributed by atoms with Crippen LogP contribution in [0.25, 0.3) is 0 Å². The first-order chi connectivity index (χ1) is 16.7. The van der Waals surface area contributed by atoms with Gasteiger partial charge in [0, 0.05) is 36.1 Å². The lowest BCUT2D eigenvalue weighted by Gasteiger charge is -2.49. The van der Waals surface area contributed by atoms with Crippen LogP contribution in [0.2, 0.25) is 0 Å². The van der Waals surface area contributed by atoms with Crippen molar-refractivity contribution in [1.29, 1.82) is 0 Å². The highest BCUT2D eigenvalue weighted by atomic mass is 35.5. The van der Waals surface area contributed by atoms with Crippen LogP contribution in [-0.4, -0.2) is 42.5 Å². The smallest absolute Gasteiger partial charge is 0.0338 e. The summed E-state index contributed by atoms with van der Waals surface area (Å²) in [7, 11) is 0. The Balaban J connectivity index is 1.27. The van der Waals surface area contributed by atoms with Crippen LogP contribution in [-0.2, 0) is 0 Å². The standard InChI is InChI=1S/C31H50Cl2N2/c1-22(2)30(34-19-23-7-5-8-25(17-23)26-9-6-10-28(33)18-26)20-35-16-15-29(31(3,4)21-35)24-11-13-27(32)14-12-24/h5,7-8,13,22,24-26,28-30,34H,6,9-12,14-21H2,1-4H3/t24?,25?,26?,28?,29-,30+/m1/s1. The highest BCUT2D eigenvalue weighted by Gasteiger charge is 2.40. The fourth-order valence-corrected chi connectivity index (χ4v) is 8.12. The van der Waals surface area contributed by atoms with E-state index in [1.807, 2.05) is 0 Å². The van der Waals surface area contributed by atoms with Crippen LogP contribution in [0.15, 0.2) is 34.9 Å². The first-order valence-electron chi connectivity index (χ1n) is 14.5. The Labute approximate surface area is 226 Å². The van der Waals surface area contributed by atoms with Crippen molar-refractivity contribution in [3.8, 4) is 0 Å². The number of hydrogen-bond donors (Lipinski definition) is 1. The summed E-state index contributed by atoms with van der Waals surface area (Å²) in [4.78, 5) is 2.75. The van der Waals surface area contributed by atoms with Crippen molar-refractivity contribution in [2.75, 3.05) is 26.2 Å². The molecule has 0 aromatic heterocycles. The fourth-order valence-electron chi connectivity index (χ4n) is 7.54. The highest BCUT2D eigenvalue weighted by Crippen LogP contribution is 2.45. The Bertz CT molecular complexity index is 783. The van der Waals surface area contributed by atoms with Gasteiger partial charge in [0.2, 0.25) is 0 Å². The monoisotopic (exact) mass is 520 g/mol. The largest absolute Gasteiger partial charge is 0.309 e. The molecule has 1 heterocycles. The molecule has 4 aliphatic rings. The number of nitrogens with zero attached hydrogens (tertiary/aromatic N) is 1. The minimum atomic E-state index is 0.367. The van der Waals surface area contributed by atoms with Gasteiger partial charge in [-0.05, 0) is 92.9 Å². The molecule has 1 N–H and O–H groups in total. The predicted octanol–water partition coefficient (Wildman–Crippen LogP) is 8.17. The van der Waals surface area contributed by atoms with E-state index in [4.69, 9.17) is 23.2 Å². The highest BCUT2D eigenvalue weighted by molar-refractivity contribution is 6.29. The number of halogens is 2. The van der Waals surface area contributed by atoms with Crippen LogP contribution in [0.4, 0.5) is 0 Å². The molecule has 0 aromatic rings. The molecular weight excluding hydrogens is 471 g/mol. The molecule has 0 amide bonds. The molecule has 0 bridgehead atoms. The maximum Gasteiger partial charge on any atom is 0.0338 e. The minimum absolute atomic E-state index is 0.367. The predicted molar refractivity (Wildman–Crippen MR) is 153 cm³/mol. The van der Waals surface area contributed by atoms with Gasteiger partial charge in [0.05, 0.1) is 0 Å². The number of alkyl halides is 1. The summed E-state index contributed by atoms with van der Waals surface area (Å²) >= 11 is 12.8. The minimum Gasteiger partial charge on any atom is -0.309 e. The summed E-state index contributed by atoms with van der Waals surface area (Å²) in [6.07, 6.45) is 20.5. The van der Waals surface area contributed by atoms with Gasteiger partial charge in [0.25, 0.3) is 0 Å². The van der Waals surface area contributed by atoms with E-state index >= 15 is 0 Å². The van der Waals surface area contributed by atoms with Crippen molar-refractivity contribution in [3.63, 3.8) is 0 Å². The second-order valence-electron chi connectivity index (χ2n) is 13.1. The molecule has 4 unspecified atom stereocenters. The van der Waals surface area contributed by atoms with E-state index in [0.29, 0.717) is 28.7 Å². The number of nitrogens with one attached hydrogen (secondary N) is 1. The van der Waals surface area contributed by atoms with Gasteiger partial charge in [0.15, 0.2) is 0 Å². The van der Waals surface area contributed by atoms with Crippen LogP contribution in [0.3, 0.4) is 0 Å². The summed E-state index contributed by atoms with van der Waals surface area (Å²) in [6.45, 7) is 14.4. The molecular formula is C31H50Cl2N2. The van der Waals surface area contributed by atoms with Gasteiger partial charge >= 0.3 is 0 Å². The Morgan fingerprint density at radius 1 is 1.14 bits per heavy atom. The zero-order valence-corrected chi connectivity index (χ0v) is 24.3. The molecule has 198 valence electrons. The second kappa shape index (κ2) is 12.5. The fraction of sp³-hybridized carbons (Fsp3) is 0.806. The number of likely N-dealkylation sites (tertiary alicyclic amines) is 1. The van der Waals surface area contributed by atoms with E-state index in [1.54, 1.807) is 5.57 Å². The third-order valence-corrected chi connectivity index (χ3v) is 10.4. The van der Waals surface area contributed by atoms with Crippen LogP contribution in [0.1, 0.15) is 85.5 Å². The summed E-state index contributed by atoms with van der Waals surface area (Å²) < 4.78 is 0. The van der Waals surface area contributed by atoms with Crippen LogP contribution < -0.4 is 5.32 Å². The first-order valence-corrected chi connectivity index (χ1v) is 15.3. The average Bonchev–Trinajstić information content (AvgIpc) is 2.82. The summed E-state index contributed by atoms with van der Waals surface area (Å²) in [5, 5.41) is 5.46. The average molecular weight is 522 g/mol. The van der Waals surface area contributed by atoms with Gasteiger partial charge in [-0.3, -0.25) is 0 Å². The van der Waals surface area contributed by atoms with Gasteiger partial charge in [-0.25, -0.2) is 0 Å². The van der Waals surface area contributed by atoms with Gasteiger partial charge in [-0.2, -0.15) is 0 Å². The van der Waals surface area contributed by atoms with Gasteiger partial charge < -0.3 is 10.2 Å². The van der Waals surface area contributed by atoms with Crippen molar-refractivity contribution in [3.05, 3.63) is 34.9 Å². The molecule has 3 aliphatic carbocycles. The Morgan fingerprint density at radius 2 is 1.97 bits per heavy atom. The van der Waals surface area contributed by atoms with Crippen molar-refractivity contribution in [2.24, 2.45) is 35.0 Å². The maximum atomic E-state index is 6.51. The summed E-state index contributed by atoms with van der Waals surface area (Å²) in [5.41, 5.74) is 1.94. The van der Waals surface area contributed by atoms with Crippen molar-refractivity contribution in [2.45, 2.75) is 96.9 Å². The van der Waals surface area contributed by atoms with E-state index in [0.717, 1.165) is 42.3 Å². The topological polar surface area (TPSA) is 15.3 Å². The van der Waals surface area contributed by atoms with E-state index in [1.165, 1.54) is 64.5 Å². The van der Waals surface area contributed by atoms with Crippen LogP contribution in [0, 0.1) is 35.0 Å². The maximum absolute atomic E-state index is 6.51. The van der Waals surface area contributed by atoms with E-state index in [9.17, 15) is 0 Å². The molecule has 1 saturated heterocycles. The third-order valence-electron chi connectivity index (χ3n) is 9.65. The first kappa shape index (κ1) is 27.7. The number of piperidine rings is 1. The lowest BCUT2D eigenvalue weighted by Crippen LogP contribution is -2.53. The second-order valence-corrected chi connectivity index (χ2v) is 14.2. The molecule has 0 radical (unpaired) electrons. The number of allylic oxidation sites excluding steroid dienone is 5. The van der Waals surface area contributed by atoms with Gasteiger partial charge in [0.1, 0.15) is 0 Å². The Kier molecular flexibility index (Phi) is 9.92. The molecule has 1 saturated carbocycles. The number of rotatable bonds is 8. The normalized spacial score (nSPS) is 35.0. The van der Waals surface area contributed by atoms with Crippen LogP contribution >= 0.6 is 23.2 Å². The molecule has 4 heteroatoms. The number of hydrogen-bond acceptors (Lipinski definition) is 2. The van der Waals surface area contributed by atoms with Crippen molar-refractivity contribution < 1.29 is 0 Å². The lowest BCUT2D eigenvalue weighted by molar-refractivity contribution is 0.0120. The van der Waals surface area contributed by atoms with Crippen molar-refractivity contribution in [1.82, 2.24) is 10.2 Å². The van der Waals surface area contributed by atoms with E-state index in [-0.39, 0.29) is 0 Å². The van der Waals surface area contributed by atoms with E-state index < -0.39 is 0 Å². The van der Waals surface area contributed by atoms with Gasteiger partial charge in [-0.1, -0.05) is 75.6 Å². The molecule has 35 heavy (non-hydrogen) atoms. The van der Waals surface area contributed by atoms with Crippen LogP contribution in [0.5, 0.6) is 0 Å². The Hall–Kier alpha value is -0.280. The zero-order chi connectivity index (χ0) is 25.0. The third kappa shape index (κ3) is 7.62. The quantitative estimate of drug-likeness (QED) is 0.324. The molecule has 4 rings (SSSR count).